The van der Waals surface area contributed by atoms with Gasteiger partial charge in [-0.25, -0.2) is 8.78 Å². The van der Waals surface area contributed by atoms with Gasteiger partial charge in [0.2, 0.25) is 0 Å². The first-order chi connectivity index (χ1) is 17.3. The van der Waals surface area contributed by atoms with E-state index >= 15 is 0 Å². The van der Waals surface area contributed by atoms with Crippen LogP contribution in [0, 0.1) is 29.6 Å². The number of fused-ring (bicyclic) bond motifs is 1. The van der Waals surface area contributed by atoms with Gasteiger partial charge in [-0.05, 0) is 114 Å². The zero-order chi connectivity index (χ0) is 25.7. The average Bonchev–Trinajstić information content (AvgIpc) is 2.89. The molecule has 0 aromatic carbocycles. The molecule has 0 amide bonds. The molecule has 6 heteroatoms. The van der Waals surface area contributed by atoms with E-state index < -0.39 is 17.6 Å². The van der Waals surface area contributed by atoms with E-state index in [9.17, 15) is 13.6 Å². The highest BCUT2D eigenvalue weighted by Crippen LogP contribution is 2.45. The lowest BCUT2D eigenvalue weighted by molar-refractivity contribution is -0.159. The number of carbonyl (C=O) groups excluding carboxylic acids is 1. The van der Waals surface area contributed by atoms with E-state index in [-0.39, 0.29) is 23.8 Å². The lowest BCUT2D eigenvalue weighted by Crippen LogP contribution is -2.42. The molecule has 0 bridgehead atoms. The SMILES string of the molecule is CCCC1CCC(C(=O)OC2CCC3CC(COC4(C)C=CC(OCC)=C(F)C4F)CCC3C2)CC1. The van der Waals surface area contributed by atoms with Gasteiger partial charge in [0.25, 0.3) is 0 Å². The Hall–Kier alpha value is -1.43. The zero-order valence-electron chi connectivity index (χ0n) is 22.5. The Balaban J connectivity index is 1.20. The van der Waals surface area contributed by atoms with Gasteiger partial charge in [0.15, 0.2) is 17.8 Å². The van der Waals surface area contributed by atoms with Crippen LogP contribution < -0.4 is 0 Å². The highest BCUT2D eigenvalue weighted by molar-refractivity contribution is 5.72. The van der Waals surface area contributed by atoms with E-state index in [0.717, 1.165) is 57.3 Å². The monoisotopic (exact) mass is 508 g/mol. The molecule has 0 radical (unpaired) electrons. The number of hydrogen-bond acceptors (Lipinski definition) is 4. The van der Waals surface area contributed by atoms with E-state index in [1.165, 1.54) is 31.8 Å². The van der Waals surface area contributed by atoms with Crippen LogP contribution in [0.3, 0.4) is 0 Å². The molecule has 0 aromatic heterocycles. The number of allylic oxidation sites excluding steroid dienone is 1. The molecule has 4 rings (SSSR count). The van der Waals surface area contributed by atoms with Crippen molar-refractivity contribution < 1.29 is 27.8 Å². The topological polar surface area (TPSA) is 44.8 Å². The number of rotatable bonds is 9. The molecule has 6 unspecified atom stereocenters. The maximum Gasteiger partial charge on any atom is 0.309 e. The fraction of sp³-hybridized carbons (Fsp3) is 0.833. The van der Waals surface area contributed by atoms with Gasteiger partial charge >= 0.3 is 5.97 Å². The van der Waals surface area contributed by atoms with Gasteiger partial charge in [0.05, 0.1) is 19.1 Å². The normalized spacial score (nSPS) is 39.0. The third kappa shape index (κ3) is 6.52. The van der Waals surface area contributed by atoms with Crippen molar-refractivity contribution in [3.63, 3.8) is 0 Å². The fourth-order valence-electron chi connectivity index (χ4n) is 7.03. The average molecular weight is 509 g/mol. The van der Waals surface area contributed by atoms with Gasteiger partial charge in [-0.3, -0.25) is 4.79 Å². The summed E-state index contributed by atoms with van der Waals surface area (Å²) >= 11 is 0. The predicted octanol–water partition coefficient (Wildman–Crippen LogP) is 7.62. The molecule has 3 fully saturated rings. The molecule has 0 aliphatic heterocycles. The van der Waals surface area contributed by atoms with Crippen LogP contribution in [0.1, 0.15) is 97.8 Å². The van der Waals surface area contributed by atoms with Crippen LogP contribution in [0.25, 0.3) is 0 Å². The van der Waals surface area contributed by atoms with Crippen LogP contribution in [0.4, 0.5) is 8.78 Å². The third-order valence-corrected chi connectivity index (χ3v) is 9.29. The first kappa shape index (κ1) is 27.6. The third-order valence-electron chi connectivity index (χ3n) is 9.29. The minimum atomic E-state index is -1.85. The standard InChI is InChI=1S/C30H46F2O4/c1-4-6-20-7-10-22(11-8-20)29(33)36-25-14-13-23-17-21(9-12-24(23)18-25)19-35-30(3)16-15-26(34-5-2)27(31)28(30)32/h15-16,20-25,28H,4-14,17-19H2,1-3H3. The number of halogens is 2. The number of hydrogen-bond donors (Lipinski definition) is 0. The van der Waals surface area contributed by atoms with Crippen LogP contribution in [-0.4, -0.2) is 37.1 Å². The quantitative estimate of drug-likeness (QED) is 0.301. The van der Waals surface area contributed by atoms with E-state index in [4.69, 9.17) is 14.2 Å². The van der Waals surface area contributed by atoms with E-state index in [0.29, 0.717) is 31.0 Å². The minimum absolute atomic E-state index is 0.0341. The van der Waals surface area contributed by atoms with Crippen LogP contribution in [0.15, 0.2) is 23.7 Å². The van der Waals surface area contributed by atoms with Gasteiger partial charge in [-0.15, -0.1) is 0 Å². The molecule has 204 valence electrons. The molecular formula is C30H46F2O4. The van der Waals surface area contributed by atoms with Crippen molar-refractivity contribution in [2.75, 3.05) is 13.2 Å². The Labute approximate surface area is 216 Å². The molecule has 3 saturated carbocycles. The Morgan fingerprint density at radius 2 is 1.69 bits per heavy atom. The molecule has 0 saturated heterocycles. The summed E-state index contributed by atoms with van der Waals surface area (Å²) in [6.07, 6.45) is 14.3. The summed E-state index contributed by atoms with van der Waals surface area (Å²) in [6.45, 7) is 6.32. The van der Waals surface area contributed by atoms with Crippen molar-refractivity contribution >= 4 is 5.97 Å². The second-order valence-corrected chi connectivity index (χ2v) is 11.9. The number of ether oxygens (including phenoxy) is 3. The van der Waals surface area contributed by atoms with Gasteiger partial charge in [0, 0.05) is 0 Å². The first-order valence-corrected chi connectivity index (χ1v) is 14.5. The molecule has 6 atom stereocenters. The molecule has 4 aliphatic rings. The van der Waals surface area contributed by atoms with Crippen molar-refractivity contribution in [1.82, 2.24) is 0 Å². The molecular weight excluding hydrogens is 462 g/mol. The summed E-state index contributed by atoms with van der Waals surface area (Å²) in [4.78, 5) is 12.8. The zero-order valence-corrected chi connectivity index (χ0v) is 22.5. The molecule has 0 spiro atoms. The van der Waals surface area contributed by atoms with E-state index in [1.54, 1.807) is 19.9 Å². The van der Waals surface area contributed by atoms with E-state index in [2.05, 4.69) is 6.92 Å². The maximum absolute atomic E-state index is 14.8. The lowest BCUT2D eigenvalue weighted by Gasteiger charge is -2.43. The summed E-state index contributed by atoms with van der Waals surface area (Å²) in [7, 11) is 0. The second-order valence-electron chi connectivity index (χ2n) is 11.9. The lowest BCUT2D eigenvalue weighted by atomic mass is 9.67. The van der Waals surface area contributed by atoms with Crippen molar-refractivity contribution in [1.29, 1.82) is 0 Å². The largest absolute Gasteiger partial charge is 0.491 e. The Morgan fingerprint density at radius 3 is 2.42 bits per heavy atom. The van der Waals surface area contributed by atoms with Crippen molar-refractivity contribution in [3.05, 3.63) is 23.7 Å². The van der Waals surface area contributed by atoms with Gasteiger partial charge < -0.3 is 14.2 Å². The molecule has 36 heavy (non-hydrogen) atoms. The van der Waals surface area contributed by atoms with Crippen LogP contribution in [0.5, 0.6) is 0 Å². The molecule has 0 N–H and O–H groups in total. The van der Waals surface area contributed by atoms with Gasteiger partial charge in [-0.2, -0.15) is 0 Å². The maximum atomic E-state index is 14.8. The van der Waals surface area contributed by atoms with Crippen LogP contribution in [-0.2, 0) is 19.0 Å². The first-order valence-electron chi connectivity index (χ1n) is 14.5. The number of esters is 1. The Kier molecular flexibility index (Phi) is 9.51. The summed E-state index contributed by atoms with van der Waals surface area (Å²) < 4.78 is 46.5. The summed E-state index contributed by atoms with van der Waals surface area (Å²) in [5, 5.41) is 0. The fourth-order valence-corrected chi connectivity index (χ4v) is 7.03. The van der Waals surface area contributed by atoms with Crippen molar-refractivity contribution in [2.24, 2.45) is 29.6 Å². The van der Waals surface area contributed by atoms with E-state index in [1.807, 2.05) is 0 Å². The van der Waals surface area contributed by atoms with Gasteiger partial charge in [0.1, 0.15) is 11.7 Å². The minimum Gasteiger partial charge on any atom is -0.491 e. The Bertz CT molecular complexity index is 803. The van der Waals surface area contributed by atoms with Crippen molar-refractivity contribution in [2.45, 2.75) is 116 Å². The Morgan fingerprint density at radius 1 is 1.00 bits per heavy atom. The second kappa shape index (κ2) is 12.4. The highest BCUT2D eigenvalue weighted by atomic mass is 19.2. The number of carbonyl (C=O) groups is 1. The summed E-state index contributed by atoms with van der Waals surface area (Å²) in [5.41, 5.74) is -1.30. The molecule has 0 aromatic rings. The predicted molar refractivity (Wildman–Crippen MR) is 137 cm³/mol. The summed E-state index contributed by atoms with van der Waals surface area (Å²) in [5.74, 6) is 1.55. The molecule has 4 aliphatic carbocycles. The van der Waals surface area contributed by atoms with Crippen LogP contribution in [0.2, 0.25) is 0 Å². The van der Waals surface area contributed by atoms with Gasteiger partial charge in [-0.1, -0.05) is 19.8 Å². The highest BCUT2D eigenvalue weighted by Gasteiger charge is 2.43. The molecule has 4 nitrogen and oxygen atoms in total. The van der Waals surface area contributed by atoms with Crippen LogP contribution >= 0.6 is 0 Å². The van der Waals surface area contributed by atoms with Crippen molar-refractivity contribution in [3.8, 4) is 0 Å². The molecule has 0 heterocycles. The number of alkyl halides is 1. The smallest absolute Gasteiger partial charge is 0.309 e. The summed E-state index contributed by atoms with van der Waals surface area (Å²) in [6, 6.07) is 0.